The maximum absolute atomic E-state index is 13.6. The summed E-state index contributed by atoms with van der Waals surface area (Å²) >= 11 is 12.2. The van der Waals surface area contributed by atoms with Crippen LogP contribution >= 0.6 is 23.2 Å². The van der Waals surface area contributed by atoms with Crippen LogP contribution in [0.1, 0.15) is 40.0 Å². The van der Waals surface area contributed by atoms with E-state index >= 15 is 0 Å². The number of hydrogen-bond donors (Lipinski definition) is 2. The fourth-order valence-corrected chi connectivity index (χ4v) is 5.70. The molecule has 174 valence electrons. The Hall–Kier alpha value is -1.16. The molecule has 1 aromatic carbocycles. The number of nitrogens with zero attached hydrogens (tertiary/aromatic N) is 2. The number of unbranched alkanes of at least 4 members (excludes halogenated alkanes) is 1. The van der Waals surface area contributed by atoms with E-state index in [4.69, 9.17) is 27.9 Å². The van der Waals surface area contributed by atoms with Crippen molar-refractivity contribution in [2.75, 3.05) is 26.4 Å². The van der Waals surface area contributed by atoms with Crippen molar-refractivity contribution in [1.29, 1.82) is 0 Å². The Labute approximate surface area is 196 Å². The summed E-state index contributed by atoms with van der Waals surface area (Å²) in [7, 11) is -1.73. The Morgan fingerprint density at radius 1 is 1.29 bits per heavy atom. The standard InChI is InChI=1S/C21H30Cl2N2O5S/c1-4-6-7-18-20(19(28)13-26)21(24(14(3)27)8-9-30-5-2)25(18)31(29)17-11-15(22)10-16(23)12-17/h10-12,18-19,26,28H,4-9,13H2,1-3H3/t18-,19?,31?/m0/s1. The van der Waals surface area contributed by atoms with Crippen molar-refractivity contribution in [3.63, 3.8) is 0 Å². The number of rotatable bonds is 12. The number of carbonyl (C=O) groups is 1. The number of aliphatic hydroxyl groups is 2. The number of halogens is 2. The molecule has 1 aliphatic heterocycles. The lowest BCUT2D eigenvalue weighted by molar-refractivity contribution is -0.129. The monoisotopic (exact) mass is 492 g/mol. The van der Waals surface area contributed by atoms with Gasteiger partial charge in [-0.25, -0.2) is 4.21 Å². The first-order valence-electron chi connectivity index (χ1n) is 10.3. The summed E-state index contributed by atoms with van der Waals surface area (Å²) in [6, 6.07) is 4.29. The van der Waals surface area contributed by atoms with Crippen molar-refractivity contribution in [2.45, 2.75) is 57.1 Å². The number of hydrogen-bond acceptors (Lipinski definition) is 5. The highest BCUT2D eigenvalue weighted by Gasteiger charge is 2.47. The zero-order valence-electron chi connectivity index (χ0n) is 18.0. The van der Waals surface area contributed by atoms with Crippen LogP contribution in [0, 0.1) is 0 Å². The van der Waals surface area contributed by atoms with Gasteiger partial charge in [0.2, 0.25) is 5.91 Å². The quantitative estimate of drug-likeness (QED) is 0.436. The van der Waals surface area contributed by atoms with Crippen LogP contribution in [0.2, 0.25) is 10.0 Å². The van der Waals surface area contributed by atoms with Crippen molar-refractivity contribution in [3.05, 3.63) is 39.6 Å². The van der Waals surface area contributed by atoms with Crippen LogP contribution in [0.3, 0.4) is 0 Å². The van der Waals surface area contributed by atoms with Crippen molar-refractivity contribution in [2.24, 2.45) is 0 Å². The minimum absolute atomic E-state index is 0.227. The van der Waals surface area contributed by atoms with Gasteiger partial charge in [0.25, 0.3) is 0 Å². The van der Waals surface area contributed by atoms with Gasteiger partial charge in [-0.2, -0.15) is 0 Å². The molecule has 0 aliphatic carbocycles. The van der Waals surface area contributed by atoms with Crippen molar-refractivity contribution < 1.29 is 24.0 Å². The normalized spacial score (nSPS) is 18.0. The Balaban J connectivity index is 2.55. The van der Waals surface area contributed by atoms with E-state index in [0.717, 1.165) is 12.8 Å². The molecule has 1 aliphatic rings. The van der Waals surface area contributed by atoms with Gasteiger partial charge in [-0.1, -0.05) is 43.0 Å². The van der Waals surface area contributed by atoms with Gasteiger partial charge in [0.15, 0.2) is 11.0 Å². The van der Waals surface area contributed by atoms with Crippen LogP contribution in [-0.2, 0) is 20.5 Å². The van der Waals surface area contributed by atoms with E-state index in [2.05, 4.69) is 0 Å². The Morgan fingerprint density at radius 3 is 2.45 bits per heavy atom. The Bertz CT molecular complexity index is 816. The highest BCUT2D eigenvalue weighted by atomic mass is 35.5. The summed E-state index contributed by atoms with van der Waals surface area (Å²) < 4.78 is 20.6. The Morgan fingerprint density at radius 2 is 1.94 bits per heavy atom. The highest BCUT2D eigenvalue weighted by Crippen LogP contribution is 2.41. The molecule has 0 fully saturated rings. The molecule has 10 heteroatoms. The van der Waals surface area contributed by atoms with Gasteiger partial charge >= 0.3 is 0 Å². The van der Waals surface area contributed by atoms with E-state index in [1.54, 1.807) is 22.5 Å². The number of carbonyl (C=O) groups excluding carboxylic acids is 1. The summed E-state index contributed by atoms with van der Waals surface area (Å²) in [5, 5.41) is 20.9. The molecule has 0 spiro atoms. The smallest absolute Gasteiger partial charge is 0.225 e. The van der Waals surface area contributed by atoms with Gasteiger partial charge < -0.3 is 14.9 Å². The largest absolute Gasteiger partial charge is 0.393 e. The molecule has 0 bridgehead atoms. The third-order valence-corrected chi connectivity index (χ3v) is 6.85. The fourth-order valence-electron chi connectivity index (χ4n) is 3.55. The van der Waals surface area contributed by atoms with Crippen molar-refractivity contribution >= 4 is 40.1 Å². The molecule has 0 saturated carbocycles. The number of amides is 1. The molecule has 3 atom stereocenters. The highest BCUT2D eigenvalue weighted by molar-refractivity contribution is 7.83. The third kappa shape index (κ3) is 6.21. The molecular weight excluding hydrogens is 463 g/mol. The molecule has 1 aromatic rings. The molecule has 2 rings (SSSR count). The summed E-state index contributed by atoms with van der Waals surface area (Å²) in [6.07, 6.45) is 1.17. The van der Waals surface area contributed by atoms with Gasteiger partial charge in [0.1, 0.15) is 11.9 Å². The average molecular weight is 493 g/mol. The van der Waals surface area contributed by atoms with Gasteiger partial charge in [-0.15, -0.1) is 0 Å². The topological polar surface area (TPSA) is 90.3 Å². The van der Waals surface area contributed by atoms with Crippen LogP contribution in [-0.4, -0.2) is 68.0 Å². The SMILES string of the molecule is CCCC[C@H]1C(C(O)CO)=C(N(CCOCC)C(C)=O)N1S(=O)c1cc(Cl)cc(Cl)c1. The summed E-state index contributed by atoms with van der Waals surface area (Å²) in [6.45, 7) is 5.80. The second-order valence-electron chi connectivity index (χ2n) is 7.18. The predicted molar refractivity (Wildman–Crippen MR) is 122 cm³/mol. The number of ether oxygens (including phenoxy) is 1. The molecule has 0 aromatic heterocycles. The molecule has 2 N–H and O–H groups in total. The zero-order valence-corrected chi connectivity index (χ0v) is 20.3. The van der Waals surface area contributed by atoms with Crippen LogP contribution in [0.5, 0.6) is 0 Å². The number of aliphatic hydroxyl groups excluding tert-OH is 2. The molecular formula is C21H30Cl2N2O5S. The molecule has 2 unspecified atom stereocenters. The van der Waals surface area contributed by atoms with Crippen LogP contribution < -0.4 is 0 Å². The van der Waals surface area contributed by atoms with Gasteiger partial charge in [0, 0.05) is 29.1 Å². The molecule has 0 saturated heterocycles. The van der Waals surface area contributed by atoms with Gasteiger partial charge in [-0.05, 0) is 31.5 Å². The molecule has 0 radical (unpaired) electrons. The molecule has 31 heavy (non-hydrogen) atoms. The van der Waals surface area contributed by atoms with E-state index in [0.29, 0.717) is 39.4 Å². The minimum Gasteiger partial charge on any atom is -0.393 e. The van der Waals surface area contributed by atoms with Crippen LogP contribution in [0.15, 0.2) is 34.5 Å². The van der Waals surface area contributed by atoms with E-state index in [1.807, 2.05) is 13.8 Å². The summed E-state index contributed by atoms with van der Waals surface area (Å²) in [5.41, 5.74) is 0.504. The third-order valence-electron chi connectivity index (χ3n) is 4.99. The maximum Gasteiger partial charge on any atom is 0.225 e. The van der Waals surface area contributed by atoms with E-state index in [9.17, 15) is 19.2 Å². The second kappa shape index (κ2) is 12.2. The first kappa shape index (κ1) is 26.1. The van der Waals surface area contributed by atoms with Gasteiger partial charge in [0.05, 0.1) is 30.7 Å². The van der Waals surface area contributed by atoms with Crippen LogP contribution in [0.25, 0.3) is 0 Å². The second-order valence-corrected chi connectivity index (χ2v) is 9.42. The fraction of sp³-hybridized carbons (Fsp3) is 0.571. The average Bonchev–Trinajstić information content (AvgIpc) is 2.70. The van der Waals surface area contributed by atoms with Gasteiger partial charge in [-0.3, -0.25) is 14.0 Å². The molecule has 7 nitrogen and oxygen atoms in total. The first-order valence-corrected chi connectivity index (χ1v) is 12.2. The lowest BCUT2D eigenvalue weighted by Crippen LogP contribution is -2.57. The lowest BCUT2D eigenvalue weighted by atomic mass is 9.90. The molecule has 1 amide bonds. The lowest BCUT2D eigenvalue weighted by Gasteiger charge is -2.49. The Kier molecular flexibility index (Phi) is 10.3. The van der Waals surface area contributed by atoms with E-state index in [-0.39, 0.29) is 19.1 Å². The molecule has 1 heterocycles. The van der Waals surface area contributed by atoms with E-state index < -0.39 is 29.7 Å². The summed E-state index contributed by atoms with van der Waals surface area (Å²) in [5.74, 6) is 0.0571. The minimum atomic E-state index is -1.73. The van der Waals surface area contributed by atoms with Crippen LogP contribution in [0.4, 0.5) is 0 Å². The maximum atomic E-state index is 13.6. The van der Waals surface area contributed by atoms with Crippen molar-refractivity contribution in [1.82, 2.24) is 9.21 Å². The summed E-state index contributed by atoms with van der Waals surface area (Å²) in [4.78, 5) is 14.3. The first-order chi connectivity index (χ1) is 14.8. The van der Waals surface area contributed by atoms with Crippen molar-refractivity contribution in [3.8, 4) is 0 Å². The number of benzene rings is 1. The zero-order chi connectivity index (χ0) is 23.1. The van der Waals surface area contributed by atoms with E-state index in [1.165, 1.54) is 11.8 Å². The predicted octanol–water partition coefficient (Wildman–Crippen LogP) is 3.34.